The molecule has 0 aliphatic rings. The summed E-state index contributed by atoms with van der Waals surface area (Å²) in [6.07, 6.45) is 0. The number of hydrogen-bond donors (Lipinski definition) is 1. The second kappa shape index (κ2) is 6.49. The standard InChI is InChI=1S/C15H11BrFNO3/c1-21-15(20)9-3-2-4-11(7-9)18-14(19)12-8-10(16)5-6-13(12)17/h2-8H,1H3,(H,18,19). The summed E-state index contributed by atoms with van der Waals surface area (Å²) in [7, 11) is 1.27. The molecule has 0 saturated heterocycles. The molecule has 0 fully saturated rings. The summed E-state index contributed by atoms with van der Waals surface area (Å²) in [5, 5.41) is 2.54. The Morgan fingerprint density at radius 2 is 1.95 bits per heavy atom. The van der Waals surface area contributed by atoms with Crippen molar-refractivity contribution in [2.24, 2.45) is 0 Å². The highest BCUT2D eigenvalue weighted by molar-refractivity contribution is 9.10. The Morgan fingerprint density at radius 1 is 1.19 bits per heavy atom. The van der Waals surface area contributed by atoms with E-state index in [-0.39, 0.29) is 5.56 Å². The third-order valence-corrected chi connectivity index (χ3v) is 3.21. The third-order valence-electron chi connectivity index (χ3n) is 2.71. The number of ether oxygens (including phenoxy) is 1. The summed E-state index contributed by atoms with van der Waals surface area (Å²) in [6, 6.07) is 10.3. The molecule has 21 heavy (non-hydrogen) atoms. The Kier molecular flexibility index (Phi) is 4.70. The molecule has 108 valence electrons. The monoisotopic (exact) mass is 351 g/mol. The zero-order valence-corrected chi connectivity index (χ0v) is 12.6. The molecule has 0 spiro atoms. The average Bonchev–Trinajstić information content (AvgIpc) is 2.49. The highest BCUT2D eigenvalue weighted by atomic mass is 79.9. The number of carbonyl (C=O) groups excluding carboxylic acids is 2. The number of amides is 1. The summed E-state index contributed by atoms with van der Waals surface area (Å²) in [5.41, 5.74) is 0.583. The Morgan fingerprint density at radius 3 is 2.67 bits per heavy atom. The minimum Gasteiger partial charge on any atom is -0.465 e. The van der Waals surface area contributed by atoms with Crippen LogP contribution in [0, 0.1) is 5.82 Å². The Bertz CT molecular complexity index is 703. The molecule has 1 amide bonds. The molecule has 0 saturated carbocycles. The summed E-state index contributed by atoms with van der Waals surface area (Å²) < 4.78 is 18.8. The van der Waals surface area contributed by atoms with Crippen LogP contribution < -0.4 is 5.32 Å². The first-order chi connectivity index (χ1) is 10.0. The van der Waals surface area contributed by atoms with Crippen LogP contribution in [0.4, 0.5) is 10.1 Å². The lowest BCUT2D eigenvalue weighted by atomic mass is 10.1. The highest BCUT2D eigenvalue weighted by Crippen LogP contribution is 2.18. The first-order valence-corrected chi connectivity index (χ1v) is 6.75. The van der Waals surface area contributed by atoms with E-state index in [1.807, 2.05) is 0 Å². The Balaban J connectivity index is 2.23. The van der Waals surface area contributed by atoms with Crippen LogP contribution in [-0.2, 0) is 4.74 Å². The van der Waals surface area contributed by atoms with Crippen molar-refractivity contribution in [2.75, 3.05) is 12.4 Å². The highest BCUT2D eigenvalue weighted by Gasteiger charge is 2.13. The van der Waals surface area contributed by atoms with E-state index in [1.54, 1.807) is 18.2 Å². The first kappa shape index (κ1) is 15.2. The number of esters is 1. The fourth-order valence-electron chi connectivity index (χ4n) is 1.71. The molecular weight excluding hydrogens is 341 g/mol. The van der Waals surface area contributed by atoms with Crippen LogP contribution in [0.3, 0.4) is 0 Å². The molecule has 0 bridgehead atoms. The molecule has 1 N–H and O–H groups in total. The predicted octanol–water partition coefficient (Wildman–Crippen LogP) is 3.63. The van der Waals surface area contributed by atoms with Crippen molar-refractivity contribution >= 4 is 33.5 Å². The summed E-state index contributed by atoms with van der Waals surface area (Å²) in [4.78, 5) is 23.5. The van der Waals surface area contributed by atoms with Gasteiger partial charge in [0, 0.05) is 10.2 Å². The number of nitrogens with one attached hydrogen (secondary N) is 1. The van der Waals surface area contributed by atoms with E-state index in [4.69, 9.17) is 0 Å². The van der Waals surface area contributed by atoms with Gasteiger partial charge >= 0.3 is 5.97 Å². The molecule has 0 heterocycles. The van der Waals surface area contributed by atoms with Gasteiger partial charge in [0.1, 0.15) is 5.82 Å². The molecule has 2 aromatic rings. The number of hydrogen-bond acceptors (Lipinski definition) is 3. The molecule has 0 aromatic heterocycles. The number of methoxy groups -OCH3 is 1. The molecule has 4 nitrogen and oxygen atoms in total. The maximum atomic E-state index is 13.6. The van der Waals surface area contributed by atoms with Gasteiger partial charge in [-0.2, -0.15) is 0 Å². The molecule has 0 aliphatic heterocycles. The van der Waals surface area contributed by atoms with Gasteiger partial charge in [-0.25, -0.2) is 9.18 Å². The maximum Gasteiger partial charge on any atom is 0.337 e. The van der Waals surface area contributed by atoms with Crippen molar-refractivity contribution in [1.82, 2.24) is 0 Å². The summed E-state index contributed by atoms with van der Waals surface area (Å²) >= 11 is 3.18. The Labute approximate surface area is 129 Å². The van der Waals surface area contributed by atoms with Gasteiger partial charge in [-0.1, -0.05) is 22.0 Å². The van der Waals surface area contributed by atoms with Crippen LogP contribution in [0.2, 0.25) is 0 Å². The van der Waals surface area contributed by atoms with Gasteiger partial charge in [-0.05, 0) is 36.4 Å². The van der Waals surface area contributed by atoms with Gasteiger partial charge < -0.3 is 10.1 Å². The van der Waals surface area contributed by atoms with E-state index >= 15 is 0 Å². The zero-order valence-electron chi connectivity index (χ0n) is 11.0. The van der Waals surface area contributed by atoms with Gasteiger partial charge in [0.25, 0.3) is 5.91 Å². The van der Waals surface area contributed by atoms with E-state index in [0.29, 0.717) is 15.7 Å². The largest absolute Gasteiger partial charge is 0.465 e. The zero-order chi connectivity index (χ0) is 15.4. The van der Waals surface area contributed by atoms with Gasteiger partial charge in [-0.3, -0.25) is 4.79 Å². The van der Waals surface area contributed by atoms with Crippen molar-refractivity contribution < 1.29 is 18.7 Å². The molecule has 0 unspecified atom stereocenters. The molecule has 0 atom stereocenters. The lowest BCUT2D eigenvalue weighted by Crippen LogP contribution is -2.14. The molecular formula is C15H11BrFNO3. The topological polar surface area (TPSA) is 55.4 Å². The number of carbonyl (C=O) groups is 2. The van der Waals surface area contributed by atoms with Crippen molar-refractivity contribution in [1.29, 1.82) is 0 Å². The second-order valence-electron chi connectivity index (χ2n) is 4.15. The van der Waals surface area contributed by atoms with Gasteiger partial charge in [0.15, 0.2) is 0 Å². The van der Waals surface area contributed by atoms with Crippen molar-refractivity contribution in [2.45, 2.75) is 0 Å². The third kappa shape index (κ3) is 3.66. The summed E-state index contributed by atoms with van der Waals surface area (Å²) in [5.74, 6) is -1.74. The number of benzene rings is 2. The van der Waals surface area contributed by atoms with Crippen LogP contribution in [-0.4, -0.2) is 19.0 Å². The van der Waals surface area contributed by atoms with E-state index in [2.05, 4.69) is 26.0 Å². The van der Waals surface area contributed by atoms with Crippen LogP contribution in [0.25, 0.3) is 0 Å². The van der Waals surface area contributed by atoms with Crippen molar-refractivity contribution in [3.05, 3.63) is 63.9 Å². The van der Waals surface area contributed by atoms with E-state index in [0.717, 1.165) is 0 Å². The molecule has 6 heteroatoms. The van der Waals surface area contributed by atoms with Crippen LogP contribution >= 0.6 is 15.9 Å². The van der Waals surface area contributed by atoms with E-state index in [1.165, 1.54) is 31.4 Å². The minimum atomic E-state index is -0.625. The average molecular weight is 352 g/mol. The molecule has 0 radical (unpaired) electrons. The number of rotatable bonds is 3. The smallest absolute Gasteiger partial charge is 0.337 e. The maximum absolute atomic E-state index is 13.6. The summed E-state index contributed by atoms with van der Waals surface area (Å²) in [6.45, 7) is 0. The minimum absolute atomic E-state index is 0.0900. The van der Waals surface area contributed by atoms with Gasteiger partial charge in [0.05, 0.1) is 18.2 Å². The predicted molar refractivity (Wildman–Crippen MR) is 79.8 cm³/mol. The fourth-order valence-corrected chi connectivity index (χ4v) is 2.07. The fraction of sp³-hybridized carbons (Fsp3) is 0.0667. The van der Waals surface area contributed by atoms with Crippen molar-refractivity contribution in [3.63, 3.8) is 0 Å². The number of halogens is 2. The first-order valence-electron chi connectivity index (χ1n) is 5.96. The molecule has 0 aliphatic carbocycles. The van der Waals surface area contributed by atoms with E-state index in [9.17, 15) is 14.0 Å². The van der Waals surface area contributed by atoms with Crippen LogP contribution in [0.1, 0.15) is 20.7 Å². The quantitative estimate of drug-likeness (QED) is 0.859. The molecule has 2 aromatic carbocycles. The molecule has 2 rings (SSSR count). The van der Waals surface area contributed by atoms with Gasteiger partial charge in [-0.15, -0.1) is 0 Å². The second-order valence-corrected chi connectivity index (χ2v) is 5.07. The van der Waals surface area contributed by atoms with Crippen molar-refractivity contribution in [3.8, 4) is 0 Å². The Hall–Kier alpha value is -2.21. The normalized spacial score (nSPS) is 10.0. The lowest BCUT2D eigenvalue weighted by molar-refractivity contribution is 0.0600. The SMILES string of the molecule is COC(=O)c1cccc(NC(=O)c2cc(Br)ccc2F)c1. The number of anilines is 1. The van der Waals surface area contributed by atoms with Crippen LogP contribution in [0.5, 0.6) is 0 Å². The van der Waals surface area contributed by atoms with Crippen LogP contribution in [0.15, 0.2) is 46.9 Å². The van der Waals surface area contributed by atoms with E-state index < -0.39 is 17.7 Å². The lowest BCUT2D eigenvalue weighted by Gasteiger charge is -2.08. The van der Waals surface area contributed by atoms with Gasteiger partial charge in [0.2, 0.25) is 0 Å².